The predicted molar refractivity (Wildman–Crippen MR) is 92.1 cm³/mol. The third kappa shape index (κ3) is 3.14. The summed E-state index contributed by atoms with van der Waals surface area (Å²) in [6.45, 7) is 5.17. The van der Waals surface area contributed by atoms with E-state index in [1.807, 2.05) is 18.2 Å². The Morgan fingerprint density at radius 3 is 2.23 bits per heavy atom. The Morgan fingerprint density at radius 1 is 0.909 bits per heavy atom. The highest BCUT2D eigenvalue weighted by Gasteiger charge is 2.29. The lowest BCUT2D eigenvalue weighted by atomic mass is 9.74. The second kappa shape index (κ2) is 6.23. The standard InChI is InChI=1S/C21H22O/c1-21(2)15-9-14-19(20(21)18-12-7-4-8-13-18)22-16-17-10-5-3-6-11-17/h3-14H,15-16H2,1-2H3. The van der Waals surface area contributed by atoms with Crippen LogP contribution in [0.1, 0.15) is 31.4 Å². The molecule has 2 aromatic rings. The summed E-state index contributed by atoms with van der Waals surface area (Å²) in [7, 11) is 0. The Kier molecular flexibility index (Phi) is 4.15. The molecule has 112 valence electrons. The zero-order chi connectivity index (χ0) is 15.4. The Balaban J connectivity index is 1.93. The van der Waals surface area contributed by atoms with Crippen molar-refractivity contribution in [1.82, 2.24) is 0 Å². The summed E-state index contributed by atoms with van der Waals surface area (Å²) in [5.74, 6) is 0.992. The van der Waals surface area contributed by atoms with E-state index in [0.29, 0.717) is 6.61 Å². The van der Waals surface area contributed by atoms with Crippen LogP contribution in [-0.2, 0) is 11.3 Å². The molecule has 0 saturated heterocycles. The Labute approximate surface area is 133 Å². The molecular formula is C21H22O. The van der Waals surface area contributed by atoms with Gasteiger partial charge in [0.25, 0.3) is 0 Å². The average Bonchev–Trinajstić information content (AvgIpc) is 2.54. The minimum atomic E-state index is 0.0854. The minimum absolute atomic E-state index is 0.0854. The summed E-state index contributed by atoms with van der Waals surface area (Å²) in [4.78, 5) is 0. The summed E-state index contributed by atoms with van der Waals surface area (Å²) < 4.78 is 6.16. The number of hydrogen-bond donors (Lipinski definition) is 0. The van der Waals surface area contributed by atoms with Crippen LogP contribution < -0.4 is 0 Å². The van der Waals surface area contributed by atoms with Crippen molar-refractivity contribution in [2.24, 2.45) is 5.41 Å². The van der Waals surface area contributed by atoms with Gasteiger partial charge in [-0.05, 0) is 29.0 Å². The van der Waals surface area contributed by atoms with Gasteiger partial charge in [0, 0.05) is 5.57 Å². The second-order valence-corrected chi connectivity index (χ2v) is 6.37. The van der Waals surface area contributed by atoms with Gasteiger partial charge in [0.15, 0.2) is 0 Å². The van der Waals surface area contributed by atoms with E-state index in [2.05, 4.69) is 68.5 Å². The van der Waals surface area contributed by atoms with Crippen LogP contribution in [0.4, 0.5) is 0 Å². The normalized spacial score (nSPS) is 16.6. The quantitative estimate of drug-likeness (QED) is 0.712. The molecule has 3 rings (SSSR count). The fourth-order valence-corrected chi connectivity index (χ4v) is 2.97. The lowest BCUT2D eigenvalue weighted by molar-refractivity contribution is 0.207. The molecule has 0 bridgehead atoms. The molecule has 0 saturated carbocycles. The number of benzene rings is 2. The van der Waals surface area contributed by atoms with E-state index in [4.69, 9.17) is 4.74 Å². The monoisotopic (exact) mass is 290 g/mol. The van der Waals surface area contributed by atoms with Crippen LogP contribution in [0.3, 0.4) is 0 Å². The molecule has 0 atom stereocenters. The zero-order valence-electron chi connectivity index (χ0n) is 13.3. The molecule has 0 heterocycles. The highest BCUT2D eigenvalue weighted by molar-refractivity contribution is 5.74. The molecule has 2 aromatic carbocycles. The van der Waals surface area contributed by atoms with E-state index in [-0.39, 0.29) is 5.41 Å². The van der Waals surface area contributed by atoms with E-state index in [9.17, 15) is 0 Å². The Bertz CT molecular complexity index is 678. The molecule has 1 aliphatic carbocycles. The maximum atomic E-state index is 6.16. The van der Waals surface area contributed by atoms with Crippen LogP contribution in [0.5, 0.6) is 0 Å². The van der Waals surface area contributed by atoms with Crippen LogP contribution in [0.15, 0.2) is 78.6 Å². The van der Waals surface area contributed by atoms with Crippen LogP contribution >= 0.6 is 0 Å². The van der Waals surface area contributed by atoms with Crippen LogP contribution in [0, 0.1) is 5.41 Å². The van der Waals surface area contributed by atoms with Gasteiger partial charge in [0.2, 0.25) is 0 Å². The summed E-state index contributed by atoms with van der Waals surface area (Å²) >= 11 is 0. The number of rotatable bonds is 4. The molecule has 0 N–H and O–H groups in total. The van der Waals surface area contributed by atoms with Crippen molar-refractivity contribution in [3.63, 3.8) is 0 Å². The predicted octanol–water partition coefficient (Wildman–Crippen LogP) is 5.60. The summed E-state index contributed by atoms with van der Waals surface area (Å²) in [5, 5.41) is 0. The maximum Gasteiger partial charge on any atom is 0.123 e. The summed E-state index contributed by atoms with van der Waals surface area (Å²) in [6.07, 6.45) is 5.37. The van der Waals surface area contributed by atoms with Crippen LogP contribution in [0.25, 0.3) is 5.57 Å². The first-order chi connectivity index (χ1) is 10.7. The molecular weight excluding hydrogens is 268 g/mol. The molecule has 0 spiro atoms. The van der Waals surface area contributed by atoms with Crippen molar-refractivity contribution in [2.75, 3.05) is 0 Å². The Hall–Kier alpha value is -2.28. The Morgan fingerprint density at radius 2 is 1.55 bits per heavy atom. The van der Waals surface area contributed by atoms with Crippen LogP contribution in [-0.4, -0.2) is 0 Å². The molecule has 22 heavy (non-hydrogen) atoms. The van der Waals surface area contributed by atoms with Gasteiger partial charge in [-0.1, -0.05) is 80.6 Å². The van der Waals surface area contributed by atoms with Crippen molar-refractivity contribution < 1.29 is 4.74 Å². The van der Waals surface area contributed by atoms with Gasteiger partial charge >= 0.3 is 0 Å². The molecule has 0 amide bonds. The van der Waals surface area contributed by atoms with Crippen molar-refractivity contribution in [2.45, 2.75) is 26.9 Å². The molecule has 1 aliphatic rings. The number of allylic oxidation sites excluding steroid dienone is 3. The highest BCUT2D eigenvalue weighted by Crippen LogP contribution is 2.43. The van der Waals surface area contributed by atoms with Gasteiger partial charge in [0.1, 0.15) is 12.4 Å². The largest absolute Gasteiger partial charge is 0.489 e. The van der Waals surface area contributed by atoms with Gasteiger partial charge in [-0.3, -0.25) is 0 Å². The lowest BCUT2D eigenvalue weighted by Gasteiger charge is -2.32. The van der Waals surface area contributed by atoms with Crippen LogP contribution in [0.2, 0.25) is 0 Å². The lowest BCUT2D eigenvalue weighted by Crippen LogP contribution is -2.18. The first-order valence-electron chi connectivity index (χ1n) is 7.80. The molecule has 1 heteroatoms. The minimum Gasteiger partial charge on any atom is -0.489 e. The molecule has 0 aliphatic heterocycles. The first-order valence-corrected chi connectivity index (χ1v) is 7.80. The van der Waals surface area contributed by atoms with E-state index in [0.717, 1.165) is 12.2 Å². The number of hydrogen-bond acceptors (Lipinski definition) is 1. The van der Waals surface area contributed by atoms with E-state index < -0.39 is 0 Å². The van der Waals surface area contributed by atoms with E-state index >= 15 is 0 Å². The summed E-state index contributed by atoms with van der Waals surface area (Å²) in [5.41, 5.74) is 3.83. The van der Waals surface area contributed by atoms with Gasteiger partial charge in [-0.15, -0.1) is 0 Å². The van der Waals surface area contributed by atoms with Gasteiger partial charge < -0.3 is 4.74 Å². The van der Waals surface area contributed by atoms with Gasteiger partial charge in [-0.25, -0.2) is 0 Å². The summed E-state index contributed by atoms with van der Waals surface area (Å²) in [6, 6.07) is 20.9. The second-order valence-electron chi connectivity index (χ2n) is 6.37. The molecule has 1 nitrogen and oxygen atoms in total. The topological polar surface area (TPSA) is 9.23 Å². The van der Waals surface area contributed by atoms with E-state index in [1.54, 1.807) is 0 Å². The molecule has 0 aromatic heterocycles. The smallest absolute Gasteiger partial charge is 0.123 e. The van der Waals surface area contributed by atoms with Crippen molar-refractivity contribution in [3.05, 3.63) is 89.7 Å². The number of ether oxygens (including phenoxy) is 1. The molecule has 0 radical (unpaired) electrons. The first kappa shape index (κ1) is 14.6. The average molecular weight is 290 g/mol. The molecule has 0 fully saturated rings. The van der Waals surface area contributed by atoms with E-state index in [1.165, 1.54) is 16.7 Å². The fourth-order valence-electron chi connectivity index (χ4n) is 2.97. The highest BCUT2D eigenvalue weighted by atomic mass is 16.5. The molecule has 0 unspecified atom stereocenters. The third-order valence-electron chi connectivity index (χ3n) is 4.12. The SMILES string of the molecule is CC1(C)CC=CC(OCc2ccccc2)=C1c1ccccc1. The van der Waals surface area contributed by atoms with Crippen molar-refractivity contribution in [1.29, 1.82) is 0 Å². The maximum absolute atomic E-state index is 6.16. The zero-order valence-corrected chi connectivity index (χ0v) is 13.3. The van der Waals surface area contributed by atoms with Crippen molar-refractivity contribution >= 4 is 5.57 Å². The van der Waals surface area contributed by atoms with Gasteiger partial charge in [0.05, 0.1) is 0 Å². The van der Waals surface area contributed by atoms with Gasteiger partial charge in [-0.2, -0.15) is 0 Å². The fraction of sp³-hybridized carbons (Fsp3) is 0.238. The van der Waals surface area contributed by atoms with Crippen molar-refractivity contribution in [3.8, 4) is 0 Å². The third-order valence-corrected chi connectivity index (χ3v) is 4.12.